The number of ether oxygens (including phenoxy) is 1. The molecule has 4 N–H and O–H groups in total. The van der Waals surface area contributed by atoms with Gasteiger partial charge in [0, 0.05) is 5.92 Å². The lowest BCUT2D eigenvalue weighted by Crippen LogP contribution is -2.57. The molecule has 2 atom stereocenters. The third kappa shape index (κ3) is 4.88. The van der Waals surface area contributed by atoms with E-state index in [2.05, 4.69) is 10.6 Å². The van der Waals surface area contributed by atoms with Crippen molar-refractivity contribution in [3.8, 4) is 11.1 Å². The number of hydrogen-bond donors (Lipinski definition) is 4. The second-order valence-electron chi connectivity index (χ2n) is 8.60. The monoisotopic (exact) mass is 474 g/mol. The van der Waals surface area contributed by atoms with Crippen LogP contribution in [0.5, 0.6) is 0 Å². The molecule has 0 heterocycles. The zero-order valence-corrected chi connectivity index (χ0v) is 19.1. The minimum absolute atomic E-state index is 0.0620. The molecular formula is C27H26N2O6. The Kier molecular flexibility index (Phi) is 6.84. The van der Waals surface area contributed by atoms with Crippen molar-refractivity contribution in [1.29, 1.82) is 0 Å². The molecule has 2 amide bonds. The molecule has 0 radical (unpaired) electrons. The second-order valence-corrected chi connectivity index (χ2v) is 8.60. The first-order valence-electron chi connectivity index (χ1n) is 11.2. The Hall–Kier alpha value is -4.17. The fraction of sp³-hybridized carbons (Fsp3) is 0.222. The van der Waals surface area contributed by atoms with Gasteiger partial charge in [-0.15, -0.1) is 0 Å². The van der Waals surface area contributed by atoms with Gasteiger partial charge in [0.1, 0.15) is 12.6 Å². The standard InChI is InChI=1S/C27H26N2O6/c1-27(16-30,25(32)33)29-24(31)23(17-9-3-2-4-10-17)28-26(34)35-15-22-20-13-7-5-11-18(20)19-12-6-8-14-21(19)22/h2-14,22-23,30H,15-16H2,1H3,(H,28,34)(H,29,31)(H,32,33)/t23-,27?/m1/s1. The zero-order chi connectivity index (χ0) is 25.0. The van der Waals surface area contributed by atoms with Crippen LogP contribution >= 0.6 is 0 Å². The van der Waals surface area contributed by atoms with Gasteiger partial charge in [-0.1, -0.05) is 78.9 Å². The molecule has 3 aromatic carbocycles. The molecule has 180 valence electrons. The van der Waals surface area contributed by atoms with Gasteiger partial charge in [-0.25, -0.2) is 9.59 Å². The zero-order valence-electron chi connectivity index (χ0n) is 19.1. The smallest absolute Gasteiger partial charge is 0.408 e. The number of aliphatic hydroxyl groups is 1. The Morgan fingerprint density at radius 1 is 0.914 bits per heavy atom. The third-order valence-electron chi connectivity index (χ3n) is 6.19. The summed E-state index contributed by atoms with van der Waals surface area (Å²) in [6, 6.07) is 23.0. The molecule has 0 bridgehead atoms. The number of amides is 2. The lowest BCUT2D eigenvalue weighted by Gasteiger charge is -2.27. The Labute approximate surface area is 202 Å². The van der Waals surface area contributed by atoms with Crippen molar-refractivity contribution in [2.45, 2.75) is 24.4 Å². The first kappa shape index (κ1) is 24.0. The first-order valence-corrected chi connectivity index (χ1v) is 11.2. The average Bonchev–Trinajstić information content (AvgIpc) is 3.20. The number of carboxylic acids is 1. The summed E-state index contributed by atoms with van der Waals surface area (Å²) in [6.07, 6.45) is -0.822. The number of alkyl carbamates (subject to hydrolysis) is 1. The number of carboxylic acid groups (broad SMARTS) is 1. The molecule has 0 saturated carbocycles. The number of fused-ring (bicyclic) bond motifs is 3. The minimum atomic E-state index is -1.91. The molecule has 0 saturated heterocycles. The van der Waals surface area contributed by atoms with Crippen LogP contribution in [0.1, 0.15) is 35.6 Å². The fourth-order valence-electron chi connectivity index (χ4n) is 4.21. The topological polar surface area (TPSA) is 125 Å². The van der Waals surface area contributed by atoms with Gasteiger partial charge in [0.2, 0.25) is 5.91 Å². The van der Waals surface area contributed by atoms with Crippen LogP contribution in [0.4, 0.5) is 4.79 Å². The molecule has 8 nitrogen and oxygen atoms in total. The normalized spacial score (nSPS) is 14.7. The van der Waals surface area contributed by atoms with E-state index in [1.165, 1.54) is 6.92 Å². The van der Waals surface area contributed by atoms with E-state index in [-0.39, 0.29) is 12.5 Å². The number of hydrogen-bond acceptors (Lipinski definition) is 5. The molecule has 35 heavy (non-hydrogen) atoms. The van der Waals surface area contributed by atoms with Gasteiger partial charge in [-0.3, -0.25) is 4.79 Å². The van der Waals surface area contributed by atoms with Crippen molar-refractivity contribution in [1.82, 2.24) is 10.6 Å². The molecule has 0 aliphatic heterocycles. The van der Waals surface area contributed by atoms with E-state index in [9.17, 15) is 24.6 Å². The first-order chi connectivity index (χ1) is 16.8. The van der Waals surface area contributed by atoms with Crippen LogP contribution in [0.2, 0.25) is 0 Å². The highest BCUT2D eigenvalue weighted by Gasteiger charge is 2.37. The number of aliphatic hydroxyl groups excluding tert-OH is 1. The number of carbonyl (C=O) groups excluding carboxylic acids is 2. The van der Waals surface area contributed by atoms with Crippen molar-refractivity contribution in [3.63, 3.8) is 0 Å². The summed E-state index contributed by atoms with van der Waals surface area (Å²) in [7, 11) is 0. The highest BCUT2D eigenvalue weighted by Crippen LogP contribution is 2.44. The van der Waals surface area contributed by atoms with Gasteiger partial charge in [0.15, 0.2) is 5.54 Å². The van der Waals surface area contributed by atoms with E-state index in [4.69, 9.17) is 4.74 Å². The molecule has 0 spiro atoms. The molecule has 4 rings (SSSR count). The maximum Gasteiger partial charge on any atom is 0.408 e. The Morgan fingerprint density at radius 2 is 1.46 bits per heavy atom. The second kappa shape index (κ2) is 9.99. The van der Waals surface area contributed by atoms with Gasteiger partial charge < -0.3 is 25.6 Å². The molecule has 0 fully saturated rings. The van der Waals surface area contributed by atoms with E-state index < -0.39 is 36.2 Å². The summed E-state index contributed by atoms with van der Waals surface area (Å²) in [4.78, 5) is 37.3. The van der Waals surface area contributed by atoms with Gasteiger partial charge in [0.25, 0.3) is 0 Å². The number of aliphatic carboxylic acids is 1. The molecule has 8 heteroatoms. The van der Waals surface area contributed by atoms with Crippen molar-refractivity contribution >= 4 is 18.0 Å². The van der Waals surface area contributed by atoms with Crippen molar-refractivity contribution in [2.75, 3.05) is 13.2 Å². The van der Waals surface area contributed by atoms with Crippen LogP contribution in [0.3, 0.4) is 0 Å². The Bertz CT molecular complexity index is 1200. The molecular weight excluding hydrogens is 448 g/mol. The van der Waals surface area contributed by atoms with Gasteiger partial charge in [-0.05, 0) is 34.7 Å². The average molecular weight is 475 g/mol. The molecule has 3 aromatic rings. The van der Waals surface area contributed by atoms with Crippen LogP contribution in [-0.2, 0) is 14.3 Å². The van der Waals surface area contributed by atoms with Crippen molar-refractivity contribution < 1.29 is 29.3 Å². The molecule has 0 aromatic heterocycles. The van der Waals surface area contributed by atoms with Crippen LogP contribution in [0, 0.1) is 0 Å². The van der Waals surface area contributed by atoms with E-state index in [0.29, 0.717) is 5.56 Å². The van der Waals surface area contributed by atoms with Gasteiger partial charge in [-0.2, -0.15) is 0 Å². The molecule has 1 unspecified atom stereocenters. The lowest BCUT2D eigenvalue weighted by molar-refractivity contribution is -0.149. The van der Waals surface area contributed by atoms with E-state index in [0.717, 1.165) is 22.3 Å². The summed E-state index contributed by atoms with van der Waals surface area (Å²) in [6.45, 7) is 0.426. The maximum absolute atomic E-state index is 13.0. The largest absolute Gasteiger partial charge is 0.479 e. The number of nitrogens with one attached hydrogen (secondary N) is 2. The molecule has 1 aliphatic carbocycles. The highest BCUT2D eigenvalue weighted by molar-refractivity contribution is 5.92. The van der Waals surface area contributed by atoms with Gasteiger partial charge in [0.05, 0.1) is 6.61 Å². The van der Waals surface area contributed by atoms with E-state index in [1.807, 2.05) is 48.5 Å². The predicted molar refractivity (Wildman–Crippen MR) is 129 cm³/mol. The SMILES string of the molecule is CC(CO)(NC(=O)[C@H](NC(=O)OCC1c2ccccc2-c2ccccc21)c1ccccc1)C(=O)O. The van der Waals surface area contributed by atoms with Crippen LogP contribution in [0.15, 0.2) is 78.9 Å². The number of rotatable bonds is 8. The maximum atomic E-state index is 13.0. The third-order valence-corrected chi connectivity index (χ3v) is 6.19. The van der Waals surface area contributed by atoms with Crippen LogP contribution < -0.4 is 10.6 Å². The predicted octanol–water partition coefficient (Wildman–Crippen LogP) is 3.22. The summed E-state index contributed by atoms with van der Waals surface area (Å²) in [5, 5.41) is 23.7. The van der Waals surface area contributed by atoms with Crippen molar-refractivity contribution in [2.24, 2.45) is 0 Å². The van der Waals surface area contributed by atoms with Crippen molar-refractivity contribution in [3.05, 3.63) is 95.6 Å². The van der Waals surface area contributed by atoms with E-state index in [1.54, 1.807) is 30.3 Å². The van der Waals surface area contributed by atoms with E-state index >= 15 is 0 Å². The lowest BCUT2D eigenvalue weighted by atomic mass is 9.98. The quantitative estimate of drug-likeness (QED) is 0.397. The molecule has 1 aliphatic rings. The summed E-state index contributed by atoms with van der Waals surface area (Å²) >= 11 is 0. The van der Waals surface area contributed by atoms with Crippen LogP contribution in [0.25, 0.3) is 11.1 Å². The number of carbonyl (C=O) groups is 3. The summed E-state index contributed by atoms with van der Waals surface area (Å²) in [5.74, 6) is -2.34. The van der Waals surface area contributed by atoms with Crippen LogP contribution in [-0.4, -0.2) is 46.9 Å². The Balaban J connectivity index is 1.50. The minimum Gasteiger partial charge on any atom is -0.479 e. The summed E-state index contributed by atoms with van der Waals surface area (Å²) in [5.41, 5.74) is 2.82. The summed E-state index contributed by atoms with van der Waals surface area (Å²) < 4.78 is 5.55. The number of benzene rings is 3. The highest BCUT2D eigenvalue weighted by atomic mass is 16.5. The van der Waals surface area contributed by atoms with Gasteiger partial charge >= 0.3 is 12.1 Å². The Morgan fingerprint density at radius 3 is 2.00 bits per heavy atom. The fourth-order valence-corrected chi connectivity index (χ4v) is 4.21.